The predicted molar refractivity (Wildman–Crippen MR) is 73.1 cm³/mol. The minimum Gasteiger partial charge on any atom is -0.384 e. The molecular weight excluding hydrogens is 242 g/mol. The maximum Gasteiger partial charge on any atom is 0.269 e. The molecule has 2 aromatic rings. The van der Waals surface area contributed by atoms with Crippen molar-refractivity contribution >= 4 is 5.69 Å². The van der Waals surface area contributed by atoms with Gasteiger partial charge >= 0.3 is 0 Å². The standard InChI is InChI=1S/C15H15NO3/c1-10-3-4-11(2)14(9-10)15(17)12-5-7-13(8-6-12)16(18)19/h3-9,15,17H,1-2H3/t15-/m0/s1. The summed E-state index contributed by atoms with van der Waals surface area (Å²) in [5, 5.41) is 21.0. The maximum atomic E-state index is 10.6. The van der Waals surface area contributed by atoms with Crippen molar-refractivity contribution in [2.75, 3.05) is 0 Å². The van der Waals surface area contributed by atoms with E-state index in [4.69, 9.17) is 0 Å². The monoisotopic (exact) mass is 257 g/mol. The summed E-state index contributed by atoms with van der Waals surface area (Å²) in [4.78, 5) is 10.1. The van der Waals surface area contributed by atoms with Crippen LogP contribution in [0.15, 0.2) is 42.5 Å². The largest absolute Gasteiger partial charge is 0.384 e. The molecule has 0 saturated heterocycles. The van der Waals surface area contributed by atoms with Crippen molar-refractivity contribution in [3.63, 3.8) is 0 Å². The van der Waals surface area contributed by atoms with Gasteiger partial charge in [-0.05, 0) is 42.7 Å². The fraction of sp³-hybridized carbons (Fsp3) is 0.200. The fourth-order valence-corrected chi connectivity index (χ4v) is 2.01. The third-order valence-electron chi connectivity index (χ3n) is 3.15. The summed E-state index contributed by atoms with van der Waals surface area (Å²) in [6.07, 6.45) is -0.763. The molecular formula is C15H15NO3. The van der Waals surface area contributed by atoms with Crippen LogP contribution in [0.4, 0.5) is 5.69 Å². The van der Waals surface area contributed by atoms with E-state index in [1.54, 1.807) is 12.1 Å². The Balaban J connectivity index is 2.35. The van der Waals surface area contributed by atoms with Gasteiger partial charge in [-0.25, -0.2) is 0 Å². The summed E-state index contributed by atoms with van der Waals surface area (Å²) in [7, 11) is 0. The molecule has 0 radical (unpaired) electrons. The van der Waals surface area contributed by atoms with Crippen molar-refractivity contribution in [1.82, 2.24) is 0 Å². The lowest BCUT2D eigenvalue weighted by atomic mass is 9.96. The summed E-state index contributed by atoms with van der Waals surface area (Å²) < 4.78 is 0. The van der Waals surface area contributed by atoms with Crippen LogP contribution in [0.25, 0.3) is 0 Å². The number of aliphatic hydroxyl groups excluding tert-OH is 1. The Morgan fingerprint density at radius 3 is 2.32 bits per heavy atom. The van der Waals surface area contributed by atoms with Crippen LogP contribution in [0.5, 0.6) is 0 Å². The van der Waals surface area contributed by atoms with Gasteiger partial charge in [0.1, 0.15) is 6.10 Å². The Kier molecular flexibility index (Phi) is 3.62. The molecule has 0 saturated carbocycles. The Labute approximate surface area is 111 Å². The molecule has 1 N–H and O–H groups in total. The smallest absolute Gasteiger partial charge is 0.269 e. The van der Waals surface area contributed by atoms with Crippen molar-refractivity contribution in [1.29, 1.82) is 0 Å². The van der Waals surface area contributed by atoms with Crippen LogP contribution >= 0.6 is 0 Å². The summed E-state index contributed by atoms with van der Waals surface area (Å²) >= 11 is 0. The van der Waals surface area contributed by atoms with E-state index >= 15 is 0 Å². The average Bonchev–Trinajstić information content (AvgIpc) is 2.41. The summed E-state index contributed by atoms with van der Waals surface area (Å²) in [6.45, 7) is 3.90. The van der Waals surface area contributed by atoms with Gasteiger partial charge in [-0.15, -0.1) is 0 Å². The van der Waals surface area contributed by atoms with Crippen LogP contribution in [0, 0.1) is 24.0 Å². The zero-order chi connectivity index (χ0) is 14.0. The second-order valence-corrected chi connectivity index (χ2v) is 4.61. The number of non-ortho nitro benzene ring substituents is 1. The number of nitro groups is 1. The number of hydrogen-bond donors (Lipinski definition) is 1. The molecule has 0 spiro atoms. The van der Waals surface area contributed by atoms with Crippen LogP contribution in [0.2, 0.25) is 0 Å². The minimum absolute atomic E-state index is 0.0249. The Morgan fingerprint density at radius 1 is 1.11 bits per heavy atom. The van der Waals surface area contributed by atoms with Gasteiger partial charge in [0.15, 0.2) is 0 Å². The normalized spacial score (nSPS) is 12.2. The van der Waals surface area contributed by atoms with Crippen LogP contribution in [-0.4, -0.2) is 10.0 Å². The van der Waals surface area contributed by atoms with E-state index in [9.17, 15) is 15.2 Å². The highest BCUT2D eigenvalue weighted by Gasteiger charge is 2.14. The Hall–Kier alpha value is -2.20. The zero-order valence-corrected chi connectivity index (χ0v) is 10.8. The van der Waals surface area contributed by atoms with Crippen LogP contribution in [-0.2, 0) is 0 Å². The van der Waals surface area contributed by atoms with Gasteiger partial charge < -0.3 is 5.11 Å². The zero-order valence-electron chi connectivity index (χ0n) is 10.8. The van der Waals surface area contributed by atoms with E-state index in [1.165, 1.54) is 12.1 Å². The van der Waals surface area contributed by atoms with Gasteiger partial charge in [0.25, 0.3) is 5.69 Å². The predicted octanol–water partition coefficient (Wildman–Crippen LogP) is 3.29. The lowest BCUT2D eigenvalue weighted by Gasteiger charge is -2.14. The van der Waals surface area contributed by atoms with Gasteiger partial charge in [0.05, 0.1) is 4.92 Å². The van der Waals surface area contributed by atoms with Crippen LogP contribution in [0.1, 0.15) is 28.4 Å². The SMILES string of the molecule is Cc1ccc(C)c([C@@H](O)c2ccc([N+](=O)[O-])cc2)c1. The molecule has 1 atom stereocenters. The first kappa shape index (κ1) is 13.2. The summed E-state index contributed by atoms with van der Waals surface area (Å²) in [6, 6.07) is 11.9. The quantitative estimate of drug-likeness (QED) is 0.677. The highest BCUT2D eigenvalue weighted by Crippen LogP contribution is 2.26. The molecule has 0 aliphatic rings. The fourth-order valence-electron chi connectivity index (χ4n) is 2.01. The molecule has 0 fully saturated rings. The molecule has 2 rings (SSSR count). The lowest BCUT2D eigenvalue weighted by molar-refractivity contribution is -0.384. The third-order valence-corrected chi connectivity index (χ3v) is 3.15. The van der Waals surface area contributed by atoms with E-state index < -0.39 is 11.0 Å². The highest BCUT2D eigenvalue weighted by molar-refractivity contribution is 5.40. The number of hydrogen-bond acceptors (Lipinski definition) is 3. The molecule has 0 aliphatic heterocycles. The highest BCUT2D eigenvalue weighted by atomic mass is 16.6. The van der Waals surface area contributed by atoms with Gasteiger partial charge in [-0.2, -0.15) is 0 Å². The number of rotatable bonds is 3. The van der Waals surface area contributed by atoms with Crippen molar-refractivity contribution in [2.45, 2.75) is 20.0 Å². The number of nitro benzene ring substituents is 1. The first-order valence-corrected chi connectivity index (χ1v) is 5.98. The Bertz CT molecular complexity index is 605. The van der Waals surface area contributed by atoms with E-state index in [0.29, 0.717) is 5.56 Å². The molecule has 0 heterocycles. The first-order valence-electron chi connectivity index (χ1n) is 5.98. The van der Waals surface area contributed by atoms with Gasteiger partial charge in [0, 0.05) is 12.1 Å². The molecule has 4 nitrogen and oxygen atoms in total. The molecule has 0 unspecified atom stereocenters. The molecule has 4 heteroatoms. The minimum atomic E-state index is -0.763. The molecule has 0 aliphatic carbocycles. The summed E-state index contributed by atoms with van der Waals surface area (Å²) in [5.41, 5.74) is 3.57. The van der Waals surface area contributed by atoms with Crippen molar-refractivity contribution in [3.8, 4) is 0 Å². The molecule has 19 heavy (non-hydrogen) atoms. The topological polar surface area (TPSA) is 63.4 Å². The molecule has 0 aromatic heterocycles. The second kappa shape index (κ2) is 5.20. The number of nitrogens with zero attached hydrogens (tertiary/aromatic N) is 1. The van der Waals surface area contributed by atoms with Gasteiger partial charge in [-0.3, -0.25) is 10.1 Å². The number of benzene rings is 2. The number of aryl methyl sites for hydroxylation is 2. The lowest BCUT2D eigenvalue weighted by Crippen LogP contribution is -2.02. The van der Waals surface area contributed by atoms with Crippen molar-refractivity contribution in [2.24, 2.45) is 0 Å². The average molecular weight is 257 g/mol. The summed E-state index contributed by atoms with van der Waals surface area (Å²) in [5.74, 6) is 0. The van der Waals surface area contributed by atoms with E-state index in [0.717, 1.165) is 16.7 Å². The van der Waals surface area contributed by atoms with Crippen molar-refractivity contribution in [3.05, 3.63) is 74.8 Å². The molecule has 98 valence electrons. The van der Waals surface area contributed by atoms with Gasteiger partial charge in [-0.1, -0.05) is 23.8 Å². The van der Waals surface area contributed by atoms with E-state index in [2.05, 4.69) is 0 Å². The van der Waals surface area contributed by atoms with E-state index in [-0.39, 0.29) is 5.69 Å². The maximum absolute atomic E-state index is 10.6. The van der Waals surface area contributed by atoms with Crippen LogP contribution in [0.3, 0.4) is 0 Å². The first-order chi connectivity index (χ1) is 8.99. The number of aliphatic hydroxyl groups is 1. The van der Waals surface area contributed by atoms with Gasteiger partial charge in [0.2, 0.25) is 0 Å². The molecule has 2 aromatic carbocycles. The van der Waals surface area contributed by atoms with Crippen LogP contribution < -0.4 is 0 Å². The third kappa shape index (κ3) is 2.80. The van der Waals surface area contributed by atoms with Crippen molar-refractivity contribution < 1.29 is 10.0 Å². The Morgan fingerprint density at radius 2 is 1.74 bits per heavy atom. The molecule has 0 bridgehead atoms. The molecule has 0 amide bonds. The van der Waals surface area contributed by atoms with E-state index in [1.807, 2.05) is 32.0 Å². The second-order valence-electron chi connectivity index (χ2n) is 4.61.